The SMILES string of the molecule is CCCNC(C)(CCCCN1CCCC1)C(=O)OC. The monoisotopic (exact) mass is 270 g/mol. The van der Waals surface area contributed by atoms with Gasteiger partial charge in [-0.25, -0.2) is 0 Å². The molecule has 0 bridgehead atoms. The van der Waals surface area contributed by atoms with Crippen LogP contribution in [0, 0.1) is 0 Å². The van der Waals surface area contributed by atoms with Gasteiger partial charge < -0.3 is 15.0 Å². The lowest BCUT2D eigenvalue weighted by molar-refractivity contribution is -0.148. The molecule has 0 spiro atoms. The maximum Gasteiger partial charge on any atom is 0.325 e. The summed E-state index contributed by atoms with van der Waals surface area (Å²) in [6.07, 6.45) is 6.81. The predicted molar refractivity (Wildman–Crippen MR) is 78.2 cm³/mol. The first-order valence-corrected chi connectivity index (χ1v) is 7.68. The molecule has 0 aromatic heterocycles. The minimum absolute atomic E-state index is 0.137. The molecule has 0 radical (unpaired) electrons. The number of methoxy groups -OCH3 is 1. The van der Waals surface area contributed by atoms with Gasteiger partial charge in [0.2, 0.25) is 0 Å². The summed E-state index contributed by atoms with van der Waals surface area (Å²) in [6, 6.07) is 0. The first-order chi connectivity index (χ1) is 9.12. The normalized spacial score (nSPS) is 19.3. The van der Waals surface area contributed by atoms with E-state index in [0.29, 0.717) is 0 Å². The van der Waals surface area contributed by atoms with Gasteiger partial charge in [-0.1, -0.05) is 6.92 Å². The average molecular weight is 270 g/mol. The van der Waals surface area contributed by atoms with Gasteiger partial charge in [0, 0.05) is 0 Å². The Bertz CT molecular complexity index is 265. The van der Waals surface area contributed by atoms with E-state index in [2.05, 4.69) is 17.1 Å². The molecule has 1 N–H and O–H groups in total. The van der Waals surface area contributed by atoms with Crippen LogP contribution in [0.15, 0.2) is 0 Å². The molecule has 0 aliphatic carbocycles. The van der Waals surface area contributed by atoms with Gasteiger partial charge in [0.05, 0.1) is 7.11 Å². The largest absolute Gasteiger partial charge is 0.468 e. The second-order valence-corrected chi connectivity index (χ2v) is 5.76. The van der Waals surface area contributed by atoms with Crippen molar-refractivity contribution in [3.05, 3.63) is 0 Å². The highest BCUT2D eigenvalue weighted by Crippen LogP contribution is 2.17. The second kappa shape index (κ2) is 8.54. The zero-order chi connectivity index (χ0) is 14.1. The van der Waals surface area contributed by atoms with E-state index in [0.717, 1.165) is 25.8 Å². The molecule has 1 heterocycles. The number of nitrogens with zero attached hydrogens (tertiary/aromatic N) is 1. The molecule has 112 valence electrons. The summed E-state index contributed by atoms with van der Waals surface area (Å²) in [6.45, 7) is 8.61. The van der Waals surface area contributed by atoms with Gasteiger partial charge >= 0.3 is 5.97 Å². The third-order valence-electron chi connectivity index (χ3n) is 4.00. The molecule has 1 fully saturated rings. The number of rotatable bonds is 9. The fraction of sp³-hybridized carbons (Fsp3) is 0.933. The van der Waals surface area contributed by atoms with Gasteiger partial charge in [-0.15, -0.1) is 0 Å². The summed E-state index contributed by atoms with van der Waals surface area (Å²) < 4.78 is 4.93. The fourth-order valence-corrected chi connectivity index (χ4v) is 2.71. The maximum absolute atomic E-state index is 11.9. The van der Waals surface area contributed by atoms with Gasteiger partial charge in [0.1, 0.15) is 5.54 Å². The number of hydrogen-bond donors (Lipinski definition) is 1. The highest BCUT2D eigenvalue weighted by Gasteiger charge is 2.32. The lowest BCUT2D eigenvalue weighted by Gasteiger charge is -2.28. The Morgan fingerprint density at radius 3 is 2.58 bits per heavy atom. The lowest BCUT2D eigenvalue weighted by Crippen LogP contribution is -2.50. The van der Waals surface area contributed by atoms with E-state index < -0.39 is 5.54 Å². The van der Waals surface area contributed by atoms with E-state index in [4.69, 9.17) is 4.74 Å². The van der Waals surface area contributed by atoms with Gasteiger partial charge in [-0.3, -0.25) is 4.79 Å². The van der Waals surface area contributed by atoms with E-state index in [1.807, 2.05) is 6.92 Å². The van der Waals surface area contributed by atoms with E-state index in [9.17, 15) is 4.79 Å². The molecule has 0 aromatic carbocycles. The Balaban J connectivity index is 2.28. The number of ether oxygens (including phenoxy) is 1. The van der Waals surface area contributed by atoms with Gasteiger partial charge in [0.25, 0.3) is 0 Å². The third-order valence-corrected chi connectivity index (χ3v) is 4.00. The van der Waals surface area contributed by atoms with Crippen LogP contribution in [0.1, 0.15) is 52.4 Å². The molecule has 1 unspecified atom stereocenters. The fourth-order valence-electron chi connectivity index (χ4n) is 2.71. The molecule has 0 aromatic rings. The summed E-state index contributed by atoms with van der Waals surface area (Å²) in [7, 11) is 1.47. The molecule has 0 saturated carbocycles. The van der Waals surface area contributed by atoms with Crippen LogP contribution < -0.4 is 5.32 Å². The Labute approximate surface area is 117 Å². The Morgan fingerprint density at radius 1 is 1.32 bits per heavy atom. The topological polar surface area (TPSA) is 41.6 Å². The van der Waals surface area contributed by atoms with E-state index in [-0.39, 0.29) is 5.97 Å². The van der Waals surface area contributed by atoms with Crippen molar-refractivity contribution >= 4 is 5.97 Å². The van der Waals surface area contributed by atoms with Crippen molar-refractivity contribution in [3.8, 4) is 0 Å². The van der Waals surface area contributed by atoms with Gasteiger partial charge in [0.15, 0.2) is 0 Å². The maximum atomic E-state index is 11.9. The minimum Gasteiger partial charge on any atom is -0.468 e. The predicted octanol–water partition coefficient (Wildman–Crippen LogP) is 2.18. The summed E-state index contributed by atoms with van der Waals surface area (Å²) in [5, 5.41) is 3.34. The van der Waals surface area contributed by atoms with Gasteiger partial charge in [-0.05, 0) is 71.6 Å². The van der Waals surface area contributed by atoms with Crippen LogP contribution in [0.2, 0.25) is 0 Å². The molecule has 1 aliphatic rings. The number of unbranched alkanes of at least 4 members (excludes halogenated alkanes) is 1. The van der Waals surface area contributed by atoms with Crippen LogP contribution in [0.4, 0.5) is 0 Å². The van der Waals surface area contributed by atoms with E-state index >= 15 is 0 Å². The quantitative estimate of drug-likeness (QED) is 0.515. The third kappa shape index (κ3) is 5.49. The number of likely N-dealkylation sites (tertiary alicyclic amines) is 1. The lowest BCUT2D eigenvalue weighted by atomic mass is 9.94. The van der Waals surface area contributed by atoms with E-state index in [1.165, 1.54) is 46.0 Å². The molecule has 1 aliphatic heterocycles. The average Bonchev–Trinajstić information content (AvgIpc) is 2.93. The van der Waals surface area contributed by atoms with Crippen LogP contribution in [-0.2, 0) is 9.53 Å². The first-order valence-electron chi connectivity index (χ1n) is 7.68. The Hall–Kier alpha value is -0.610. The highest BCUT2D eigenvalue weighted by molar-refractivity contribution is 5.80. The van der Waals surface area contributed by atoms with Crippen molar-refractivity contribution in [2.24, 2.45) is 0 Å². The molecule has 19 heavy (non-hydrogen) atoms. The molecule has 1 atom stereocenters. The molecule has 4 nitrogen and oxygen atoms in total. The first kappa shape index (κ1) is 16.4. The van der Waals surface area contributed by atoms with Crippen molar-refractivity contribution in [2.45, 2.75) is 57.9 Å². The van der Waals surface area contributed by atoms with Crippen LogP contribution >= 0.6 is 0 Å². The molecule has 1 saturated heterocycles. The van der Waals surface area contributed by atoms with Crippen molar-refractivity contribution in [1.29, 1.82) is 0 Å². The van der Waals surface area contributed by atoms with Crippen LogP contribution in [0.5, 0.6) is 0 Å². The summed E-state index contributed by atoms with van der Waals surface area (Å²) in [5.41, 5.74) is -0.518. The van der Waals surface area contributed by atoms with Gasteiger partial charge in [-0.2, -0.15) is 0 Å². The van der Waals surface area contributed by atoms with Crippen molar-refractivity contribution in [2.75, 3.05) is 33.3 Å². The molecular weight excluding hydrogens is 240 g/mol. The van der Waals surface area contributed by atoms with Crippen LogP contribution in [0.25, 0.3) is 0 Å². The smallest absolute Gasteiger partial charge is 0.325 e. The van der Waals surface area contributed by atoms with Crippen LogP contribution in [-0.4, -0.2) is 49.7 Å². The molecule has 1 rings (SSSR count). The van der Waals surface area contributed by atoms with Crippen molar-refractivity contribution < 1.29 is 9.53 Å². The number of hydrogen-bond acceptors (Lipinski definition) is 4. The number of nitrogens with one attached hydrogen (secondary N) is 1. The molecular formula is C15H30N2O2. The number of carbonyl (C=O) groups excluding carboxylic acids is 1. The van der Waals surface area contributed by atoms with Crippen LogP contribution in [0.3, 0.4) is 0 Å². The minimum atomic E-state index is -0.518. The molecule has 0 amide bonds. The van der Waals surface area contributed by atoms with E-state index in [1.54, 1.807) is 0 Å². The van der Waals surface area contributed by atoms with Crippen molar-refractivity contribution in [3.63, 3.8) is 0 Å². The Morgan fingerprint density at radius 2 is 2.00 bits per heavy atom. The standard InChI is InChI=1S/C15H30N2O2/c1-4-10-16-15(2,14(18)19-3)9-5-6-11-17-12-7-8-13-17/h16H,4-13H2,1-3H3. The molecule has 4 heteroatoms. The zero-order valence-corrected chi connectivity index (χ0v) is 12.8. The zero-order valence-electron chi connectivity index (χ0n) is 12.8. The summed E-state index contributed by atoms with van der Waals surface area (Å²) in [5.74, 6) is -0.137. The van der Waals surface area contributed by atoms with Crippen molar-refractivity contribution in [1.82, 2.24) is 10.2 Å². The highest BCUT2D eigenvalue weighted by atomic mass is 16.5. The summed E-state index contributed by atoms with van der Waals surface area (Å²) in [4.78, 5) is 14.4. The Kier molecular flexibility index (Phi) is 7.39. The summed E-state index contributed by atoms with van der Waals surface area (Å²) >= 11 is 0. The second-order valence-electron chi connectivity index (χ2n) is 5.76. The number of carbonyl (C=O) groups is 1. The number of esters is 1.